The van der Waals surface area contributed by atoms with Crippen LogP contribution in [-0.2, 0) is 0 Å². The molecule has 0 aromatic heterocycles. The molecule has 0 aliphatic heterocycles. The predicted octanol–water partition coefficient (Wildman–Crippen LogP) is 2.94. The fourth-order valence-electron chi connectivity index (χ4n) is 0.753. The van der Waals surface area contributed by atoms with Crippen LogP contribution in [0.5, 0.6) is 0 Å². The minimum Gasteiger partial charge on any atom is -0.0669 e. The lowest BCUT2D eigenvalue weighted by Crippen LogP contribution is -2.01. The van der Waals surface area contributed by atoms with Crippen LogP contribution in [-0.4, -0.2) is 1.43 Å². The van der Waals surface area contributed by atoms with Gasteiger partial charge >= 0.3 is 0 Å². The van der Waals surface area contributed by atoms with E-state index in [0.29, 0.717) is 1.43 Å². The minimum atomic E-state index is 0.509. The van der Waals surface area contributed by atoms with E-state index in [1.54, 1.807) is 0 Å². The first-order valence-corrected chi connectivity index (χ1v) is 4.59. The van der Waals surface area contributed by atoms with Crippen LogP contribution in [0.25, 0.3) is 0 Å². The quantitative estimate of drug-likeness (QED) is 0.475. The van der Waals surface area contributed by atoms with E-state index in [-0.39, 0.29) is 0 Å². The van der Waals surface area contributed by atoms with Gasteiger partial charge in [-0.15, -0.1) is 0 Å². The van der Waals surface area contributed by atoms with Gasteiger partial charge in [-0.1, -0.05) is 51.6 Å². The summed E-state index contributed by atoms with van der Waals surface area (Å²) >= 11 is 4.99. The molecule has 0 aromatic carbocycles. The Labute approximate surface area is 71.7 Å². The van der Waals surface area contributed by atoms with Crippen LogP contribution in [0.15, 0.2) is 0 Å². The largest absolute Gasteiger partial charge is 0.0766 e. The lowest BCUT2D eigenvalue weighted by molar-refractivity contribution is 0.895. The van der Waals surface area contributed by atoms with E-state index in [2.05, 4.69) is 51.6 Å². The van der Waals surface area contributed by atoms with Crippen molar-refractivity contribution in [2.75, 3.05) is 0 Å². The van der Waals surface area contributed by atoms with E-state index in [9.17, 15) is 0 Å². The topological polar surface area (TPSA) is 0 Å². The van der Waals surface area contributed by atoms with Crippen LogP contribution in [0.4, 0.5) is 0 Å². The van der Waals surface area contributed by atoms with Crippen molar-refractivity contribution < 1.29 is 0 Å². The second kappa shape index (κ2) is 2.37. The average Bonchev–Trinajstić information content (AvgIpc) is 1.84. The summed E-state index contributed by atoms with van der Waals surface area (Å²) in [7, 11) is 0. The summed E-state index contributed by atoms with van der Waals surface area (Å²) in [6.07, 6.45) is 6.49. The van der Waals surface area contributed by atoms with Gasteiger partial charge in [-0.3, -0.25) is 0 Å². The van der Waals surface area contributed by atoms with E-state index in [1.165, 1.54) is 19.3 Å². The van der Waals surface area contributed by atoms with E-state index in [4.69, 9.17) is 0 Å². The van der Waals surface area contributed by atoms with Crippen molar-refractivity contribution in [3.05, 3.63) is 6.42 Å². The zero-order chi connectivity index (χ0) is 5.33. The standard InChI is InChI=1S/C5H7I2/c6-5(7)3-1-2-4-5/h3H,1-2,4H2. The van der Waals surface area contributed by atoms with Crippen molar-refractivity contribution >= 4 is 45.2 Å². The van der Waals surface area contributed by atoms with Crippen LogP contribution < -0.4 is 0 Å². The van der Waals surface area contributed by atoms with E-state index in [1.807, 2.05) is 0 Å². The Morgan fingerprint density at radius 2 is 2.14 bits per heavy atom. The molecule has 0 spiro atoms. The summed E-state index contributed by atoms with van der Waals surface area (Å²) in [5, 5.41) is 0. The third kappa shape index (κ3) is 2.03. The third-order valence-electron chi connectivity index (χ3n) is 1.16. The highest BCUT2D eigenvalue weighted by atomic mass is 127. The molecule has 0 aromatic rings. The zero-order valence-electron chi connectivity index (χ0n) is 3.95. The molecule has 1 fully saturated rings. The summed E-state index contributed by atoms with van der Waals surface area (Å²) < 4.78 is 0.509. The molecule has 1 saturated carbocycles. The highest BCUT2D eigenvalue weighted by Gasteiger charge is 2.26. The maximum absolute atomic E-state index is 2.50. The number of halogens is 2. The molecule has 0 atom stereocenters. The van der Waals surface area contributed by atoms with Crippen molar-refractivity contribution in [2.45, 2.75) is 20.7 Å². The van der Waals surface area contributed by atoms with Crippen molar-refractivity contribution in [2.24, 2.45) is 0 Å². The molecule has 0 nitrogen and oxygen atoms in total. The van der Waals surface area contributed by atoms with Crippen molar-refractivity contribution in [3.63, 3.8) is 0 Å². The molecule has 1 aliphatic carbocycles. The third-order valence-corrected chi connectivity index (χ3v) is 3.12. The summed E-state index contributed by atoms with van der Waals surface area (Å²) in [4.78, 5) is 0. The maximum atomic E-state index is 2.50. The molecule has 0 bridgehead atoms. The van der Waals surface area contributed by atoms with Gasteiger partial charge < -0.3 is 0 Å². The Morgan fingerprint density at radius 1 is 1.43 bits per heavy atom. The predicted molar refractivity (Wildman–Crippen MR) is 48.9 cm³/mol. The van der Waals surface area contributed by atoms with Crippen LogP contribution in [0, 0.1) is 6.42 Å². The second-order valence-corrected chi connectivity index (χ2v) is 7.77. The lowest BCUT2D eigenvalue weighted by atomic mass is 10.4. The molecule has 1 radical (unpaired) electrons. The molecule has 0 N–H and O–H groups in total. The van der Waals surface area contributed by atoms with Gasteiger partial charge in [0.05, 0.1) is 1.43 Å². The normalized spacial score (nSPS) is 28.3. The minimum absolute atomic E-state index is 0.509. The van der Waals surface area contributed by atoms with Crippen LogP contribution >= 0.6 is 45.2 Å². The Bertz CT molecular complexity index is 60.5. The van der Waals surface area contributed by atoms with Gasteiger partial charge in [0.1, 0.15) is 0 Å². The Kier molecular flexibility index (Phi) is 2.23. The molecule has 41 valence electrons. The molecule has 1 aliphatic rings. The summed E-state index contributed by atoms with van der Waals surface area (Å²) in [6.45, 7) is 0. The number of alkyl halides is 2. The number of hydrogen-bond donors (Lipinski definition) is 0. The Balaban J connectivity index is 2.40. The van der Waals surface area contributed by atoms with Crippen molar-refractivity contribution in [1.29, 1.82) is 0 Å². The Hall–Kier alpha value is 1.46. The van der Waals surface area contributed by atoms with Gasteiger partial charge in [-0.05, 0) is 19.3 Å². The smallest absolute Gasteiger partial charge is 0.0669 e. The summed E-state index contributed by atoms with van der Waals surface area (Å²) in [5.74, 6) is 0. The molecule has 0 saturated heterocycles. The summed E-state index contributed by atoms with van der Waals surface area (Å²) in [6, 6.07) is 0. The molecule has 1 rings (SSSR count). The van der Waals surface area contributed by atoms with Crippen molar-refractivity contribution in [3.8, 4) is 0 Å². The van der Waals surface area contributed by atoms with E-state index < -0.39 is 0 Å². The van der Waals surface area contributed by atoms with Gasteiger partial charge in [-0.2, -0.15) is 0 Å². The van der Waals surface area contributed by atoms with Crippen LogP contribution in [0.3, 0.4) is 0 Å². The fourth-order valence-corrected chi connectivity index (χ4v) is 2.14. The maximum Gasteiger partial charge on any atom is 0.0766 e. The number of hydrogen-bond acceptors (Lipinski definition) is 0. The highest BCUT2D eigenvalue weighted by Crippen LogP contribution is 2.42. The lowest BCUT2D eigenvalue weighted by Gasteiger charge is -2.08. The van der Waals surface area contributed by atoms with Gasteiger partial charge in [-0.25, -0.2) is 0 Å². The molecule has 0 amide bonds. The first-order valence-electron chi connectivity index (χ1n) is 2.43. The van der Waals surface area contributed by atoms with Gasteiger partial charge in [0.15, 0.2) is 0 Å². The number of rotatable bonds is 0. The molecule has 2 heteroatoms. The average molecular weight is 321 g/mol. The monoisotopic (exact) mass is 321 g/mol. The van der Waals surface area contributed by atoms with Gasteiger partial charge in [0.25, 0.3) is 0 Å². The van der Waals surface area contributed by atoms with Crippen LogP contribution in [0.2, 0.25) is 0 Å². The van der Waals surface area contributed by atoms with E-state index >= 15 is 0 Å². The first-order chi connectivity index (χ1) is 3.21. The molecular formula is C5H7I2. The first kappa shape index (κ1) is 6.58. The fraction of sp³-hybridized carbons (Fsp3) is 0.800. The van der Waals surface area contributed by atoms with E-state index in [0.717, 1.165) is 0 Å². The SMILES string of the molecule is IC1(I)[CH]CCC1. The molecule has 7 heavy (non-hydrogen) atoms. The van der Waals surface area contributed by atoms with Crippen LogP contribution in [0.1, 0.15) is 19.3 Å². The Morgan fingerprint density at radius 3 is 2.29 bits per heavy atom. The second-order valence-electron chi connectivity index (χ2n) is 1.86. The highest BCUT2D eigenvalue weighted by molar-refractivity contribution is 14.2. The van der Waals surface area contributed by atoms with Crippen molar-refractivity contribution in [1.82, 2.24) is 0 Å². The molecule has 0 heterocycles. The van der Waals surface area contributed by atoms with Gasteiger partial charge in [0, 0.05) is 0 Å². The zero-order valence-corrected chi connectivity index (χ0v) is 8.27. The molecular weight excluding hydrogens is 314 g/mol. The molecule has 0 unspecified atom stereocenters. The summed E-state index contributed by atoms with van der Waals surface area (Å²) in [5.41, 5.74) is 0. The van der Waals surface area contributed by atoms with Gasteiger partial charge in [0.2, 0.25) is 0 Å².